The predicted molar refractivity (Wildman–Crippen MR) is 69.3 cm³/mol. The summed E-state index contributed by atoms with van der Waals surface area (Å²) in [6.45, 7) is 2.21. The molecule has 0 saturated carbocycles. The predicted octanol–water partition coefficient (Wildman–Crippen LogP) is 2.61. The van der Waals surface area contributed by atoms with Crippen LogP contribution in [-0.4, -0.2) is 32.3 Å². The molecule has 0 aliphatic carbocycles. The summed E-state index contributed by atoms with van der Waals surface area (Å²) in [7, 11) is 1.56. The van der Waals surface area contributed by atoms with Crippen LogP contribution < -0.4 is 5.12 Å². The molecule has 0 spiro atoms. The summed E-state index contributed by atoms with van der Waals surface area (Å²) in [5.41, 5.74) is 1.39. The second kappa shape index (κ2) is 6.86. The lowest BCUT2D eigenvalue weighted by Crippen LogP contribution is -2.18. The second-order valence-electron chi connectivity index (χ2n) is 3.95. The van der Waals surface area contributed by atoms with Crippen LogP contribution >= 0.6 is 0 Å². The summed E-state index contributed by atoms with van der Waals surface area (Å²) >= 11 is 0. The molecular weight excluding hydrogens is 235 g/mol. The smallest absolute Gasteiger partial charge is 0.150 e. The third kappa shape index (κ3) is 3.63. The van der Waals surface area contributed by atoms with E-state index in [1.165, 1.54) is 6.07 Å². The number of nitrogens with one attached hydrogen (secondary N) is 1. The minimum Gasteiger partial charge on any atom is -0.385 e. The molecule has 1 aromatic carbocycles. The van der Waals surface area contributed by atoms with Gasteiger partial charge >= 0.3 is 0 Å². The molecule has 0 atom stereocenters. The van der Waals surface area contributed by atoms with E-state index in [2.05, 4.69) is 0 Å². The van der Waals surface area contributed by atoms with Crippen molar-refractivity contribution in [2.75, 3.05) is 25.4 Å². The third-order valence-corrected chi connectivity index (χ3v) is 2.53. The highest BCUT2D eigenvalue weighted by molar-refractivity contribution is 6.02. The van der Waals surface area contributed by atoms with Crippen LogP contribution in [0.2, 0.25) is 0 Å². The minimum atomic E-state index is 0.163. The maximum Gasteiger partial charge on any atom is 0.150 e. The topological polar surface area (TPSA) is 53.4 Å². The molecular formula is C13H17FN2O2. The van der Waals surface area contributed by atoms with Crippen molar-refractivity contribution in [2.45, 2.75) is 13.3 Å². The number of hydrogen-bond donors (Lipinski definition) is 1. The Morgan fingerprint density at radius 1 is 1.56 bits per heavy atom. The molecule has 0 amide bonds. The monoisotopic (exact) mass is 252 g/mol. The van der Waals surface area contributed by atoms with Crippen LogP contribution in [0.3, 0.4) is 0 Å². The lowest BCUT2D eigenvalue weighted by Gasteiger charge is -2.17. The van der Waals surface area contributed by atoms with Gasteiger partial charge in [0.25, 0.3) is 0 Å². The van der Waals surface area contributed by atoms with E-state index < -0.39 is 0 Å². The lowest BCUT2D eigenvalue weighted by molar-refractivity contribution is 0.112. The molecule has 18 heavy (non-hydrogen) atoms. The van der Waals surface area contributed by atoms with E-state index in [9.17, 15) is 9.28 Å². The van der Waals surface area contributed by atoms with Gasteiger partial charge in [0.15, 0.2) is 0 Å². The minimum absolute atomic E-state index is 0.163. The van der Waals surface area contributed by atoms with Gasteiger partial charge < -0.3 is 10.1 Å². The first kappa shape index (κ1) is 14.3. The van der Waals surface area contributed by atoms with E-state index in [0.717, 1.165) is 0 Å². The number of carbonyl (C=O) groups excluding carboxylic acids is 1. The van der Waals surface area contributed by atoms with Crippen LogP contribution in [0.4, 0.5) is 10.2 Å². The summed E-state index contributed by atoms with van der Waals surface area (Å²) < 4.78 is 18.8. The molecule has 0 heterocycles. The van der Waals surface area contributed by atoms with Gasteiger partial charge in [-0.3, -0.25) is 4.79 Å². The van der Waals surface area contributed by atoms with Crippen molar-refractivity contribution >= 4 is 17.7 Å². The zero-order valence-corrected chi connectivity index (χ0v) is 10.6. The van der Waals surface area contributed by atoms with Crippen LogP contribution in [-0.2, 0) is 4.74 Å². The Morgan fingerprint density at radius 3 is 2.83 bits per heavy atom. The average molecular weight is 252 g/mol. The quantitative estimate of drug-likeness (QED) is 0.351. The number of ether oxygens (including phenoxy) is 1. The van der Waals surface area contributed by atoms with Crippen molar-refractivity contribution in [2.24, 2.45) is 0 Å². The van der Waals surface area contributed by atoms with E-state index in [-0.39, 0.29) is 17.9 Å². The SMILES string of the molecule is COCCCN(F)c1cc(C=O)ccc1C(C)=N. The molecule has 0 unspecified atom stereocenters. The number of rotatable bonds is 7. The van der Waals surface area contributed by atoms with Gasteiger partial charge in [-0.05, 0) is 19.4 Å². The summed E-state index contributed by atoms with van der Waals surface area (Å²) in [5.74, 6) is 0. The summed E-state index contributed by atoms with van der Waals surface area (Å²) in [4.78, 5) is 10.7. The highest BCUT2D eigenvalue weighted by atomic mass is 19.2. The normalized spacial score (nSPS) is 10.2. The Morgan fingerprint density at radius 2 is 2.28 bits per heavy atom. The lowest BCUT2D eigenvalue weighted by atomic mass is 10.1. The van der Waals surface area contributed by atoms with Crippen molar-refractivity contribution in [3.05, 3.63) is 29.3 Å². The van der Waals surface area contributed by atoms with E-state index in [1.54, 1.807) is 26.2 Å². The summed E-state index contributed by atoms with van der Waals surface area (Å²) in [5, 5.41) is 8.16. The van der Waals surface area contributed by atoms with E-state index in [0.29, 0.717) is 35.6 Å². The molecule has 0 radical (unpaired) electrons. The second-order valence-corrected chi connectivity index (χ2v) is 3.95. The van der Waals surface area contributed by atoms with Crippen molar-refractivity contribution in [3.63, 3.8) is 0 Å². The van der Waals surface area contributed by atoms with Crippen LogP contribution in [0.25, 0.3) is 0 Å². The highest BCUT2D eigenvalue weighted by Gasteiger charge is 2.13. The Balaban J connectivity index is 2.95. The van der Waals surface area contributed by atoms with E-state index >= 15 is 0 Å². The number of benzene rings is 1. The number of halogens is 1. The number of aldehydes is 1. The standard InChI is InChI=1S/C13H17FN2O2/c1-10(15)12-5-4-11(9-17)8-13(12)16(14)6-3-7-18-2/h4-5,8-9,15H,3,6-7H2,1-2H3. The van der Waals surface area contributed by atoms with Crippen molar-refractivity contribution < 1.29 is 14.0 Å². The highest BCUT2D eigenvalue weighted by Crippen LogP contribution is 2.23. The molecule has 98 valence electrons. The van der Waals surface area contributed by atoms with Crippen LogP contribution in [0.15, 0.2) is 18.2 Å². The van der Waals surface area contributed by atoms with Crippen molar-refractivity contribution in [3.8, 4) is 0 Å². The first-order chi connectivity index (χ1) is 8.60. The first-order valence-electron chi connectivity index (χ1n) is 5.67. The van der Waals surface area contributed by atoms with Gasteiger partial charge in [0, 0.05) is 30.6 Å². The molecule has 0 bridgehead atoms. The fourth-order valence-corrected chi connectivity index (χ4v) is 1.61. The van der Waals surface area contributed by atoms with Gasteiger partial charge in [-0.1, -0.05) is 16.6 Å². The van der Waals surface area contributed by atoms with Gasteiger partial charge in [0.1, 0.15) is 6.29 Å². The maximum atomic E-state index is 14.0. The number of nitrogens with zero attached hydrogens (tertiary/aromatic N) is 1. The number of carbonyl (C=O) groups is 1. The fourth-order valence-electron chi connectivity index (χ4n) is 1.61. The molecule has 0 fully saturated rings. The Kier molecular flexibility index (Phi) is 5.45. The van der Waals surface area contributed by atoms with E-state index in [4.69, 9.17) is 10.1 Å². The Bertz CT molecular complexity index is 435. The number of anilines is 1. The van der Waals surface area contributed by atoms with Gasteiger partial charge in [0.05, 0.1) is 12.2 Å². The maximum absolute atomic E-state index is 14.0. The molecule has 1 aromatic rings. The van der Waals surface area contributed by atoms with Gasteiger partial charge in [-0.15, -0.1) is 0 Å². The zero-order chi connectivity index (χ0) is 13.5. The molecule has 0 aromatic heterocycles. The summed E-state index contributed by atoms with van der Waals surface area (Å²) in [6, 6.07) is 4.62. The van der Waals surface area contributed by atoms with Crippen molar-refractivity contribution in [1.82, 2.24) is 0 Å². The first-order valence-corrected chi connectivity index (χ1v) is 5.67. The van der Waals surface area contributed by atoms with Gasteiger partial charge in [-0.25, -0.2) is 5.12 Å². The van der Waals surface area contributed by atoms with E-state index in [1.807, 2.05) is 0 Å². The largest absolute Gasteiger partial charge is 0.385 e. The van der Waals surface area contributed by atoms with Crippen molar-refractivity contribution in [1.29, 1.82) is 5.41 Å². The fraction of sp³-hybridized carbons (Fsp3) is 0.385. The molecule has 0 aliphatic heterocycles. The van der Waals surface area contributed by atoms with Gasteiger partial charge in [-0.2, -0.15) is 0 Å². The zero-order valence-electron chi connectivity index (χ0n) is 10.6. The van der Waals surface area contributed by atoms with Crippen LogP contribution in [0.5, 0.6) is 0 Å². The Labute approximate surface area is 106 Å². The molecule has 0 aliphatic rings. The van der Waals surface area contributed by atoms with Gasteiger partial charge in [0.2, 0.25) is 0 Å². The number of methoxy groups -OCH3 is 1. The molecule has 1 rings (SSSR count). The third-order valence-electron chi connectivity index (χ3n) is 2.53. The molecule has 1 N–H and O–H groups in total. The van der Waals surface area contributed by atoms with Crippen LogP contribution in [0, 0.1) is 5.41 Å². The molecule has 4 nitrogen and oxygen atoms in total. The molecule has 5 heteroatoms. The molecule has 0 saturated heterocycles. The number of hydrogen-bond acceptors (Lipinski definition) is 4. The Hall–Kier alpha value is -1.75. The average Bonchev–Trinajstić information content (AvgIpc) is 2.38. The van der Waals surface area contributed by atoms with Crippen LogP contribution in [0.1, 0.15) is 29.3 Å². The summed E-state index contributed by atoms with van der Waals surface area (Å²) in [6.07, 6.45) is 1.20.